The van der Waals surface area contributed by atoms with Crippen LogP contribution in [0.2, 0.25) is 0 Å². The van der Waals surface area contributed by atoms with Crippen LogP contribution in [0.15, 0.2) is 0 Å². The molecule has 0 heterocycles. The molecule has 0 aliphatic heterocycles. The van der Waals surface area contributed by atoms with E-state index < -0.39 is 0 Å². The van der Waals surface area contributed by atoms with Gasteiger partial charge in [0.25, 0.3) is 0 Å². The van der Waals surface area contributed by atoms with E-state index in [0.29, 0.717) is 12.0 Å². The number of nitrogens with two attached hydrogens (primary N) is 1. The van der Waals surface area contributed by atoms with E-state index >= 15 is 0 Å². The number of rotatable bonds is 7. The van der Waals surface area contributed by atoms with Gasteiger partial charge in [0.2, 0.25) is 0 Å². The van der Waals surface area contributed by atoms with E-state index in [9.17, 15) is 0 Å². The first-order valence-corrected chi connectivity index (χ1v) is 6.99. The Hall–Kier alpha value is -0.120. The Bertz CT molecular complexity index is 206. The quantitative estimate of drug-likeness (QED) is 0.675. The molecule has 102 valence electrons. The van der Waals surface area contributed by atoms with Crippen molar-refractivity contribution in [2.75, 3.05) is 19.8 Å². The molecule has 1 aliphatic carbocycles. The summed E-state index contributed by atoms with van der Waals surface area (Å²) in [7, 11) is 0. The van der Waals surface area contributed by atoms with Crippen molar-refractivity contribution in [2.45, 2.75) is 64.4 Å². The highest BCUT2D eigenvalue weighted by Crippen LogP contribution is 2.41. The van der Waals surface area contributed by atoms with Crippen molar-refractivity contribution in [1.82, 2.24) is 0 Å². The number of unbranched alkanes of at least 4 members (excludes halogenated alkanes) is 2. The van der Waals surface area contributed by atoms with Gasteiger partial charge < -0.3 is 15.6 Å². The van der Waals surface area contributed by atoms with Crippen LogP contribution in [-0.4, -0.2) is 30.5 Å². The second-order valence-corrected chi connectivity index (χ2v) is 6.18. The molecule has 0 bridgehead atoms. The summed E-state index contributed by atoms with van der Waals surface area (Å²) in [5.41, 5.74) is 6.30. The Labute approximate surface area is 106 Å². The van der Waals surface area contributed by atoms with Crippen molar-refractivity contribution < 1.29 is 9.84 Å². The topological polar surface area (TPSA) is 55.5 Å². The fourth-order valence-electron chi connectivity index (χ4n) is 2.47. The molecule has 0 amide bonds. The zero-order valence-electron chi connectivity index (χ0n) is 11.5. The van der Waals surface area contributed by atoms with Crippen LogP contribution in [0, 0.1) is 5.41 Å². The lowest BCUT2D eigenvalue weighted by atomic mass is 9.71. The van der Waals surface area contributed by atoms with Gasteiger partial charge >= 0.3 is 0 Å². The van der Waals surface area contributed by atoms with Crippen LogP contribution in [0.4, 0.5) is 0 Å². The number of aliphatic hydroxyl groups is 1. The monoisotopic (exact) mass is 243 g/mol. The van der Waals surface area contributed by atoms with Crippen molar-refractivity contribution in [1.29, 1.82) is 0 Å². The van der Waals surface area contributed by atoms with Crippen molar-refractivity contribution >= 4 is 0 Å². The summed E-state index contributed by atoms with van der Waals surface area (Å²) in [6, 6.07) is 0. The molecule has 1 rings (SSSR count). The summed E-state index contributed by atoms with van der Waals surface area (Å²) in [6.45, 7) is 6.38. The highest BCUT2D eigenvalue weighted by molar-refractivity contribution is 4.91. The maximum Gasteiger partial charge on any atom is 0.0804 e. The predicted molar refractivity (Wildman–Crippen MR) is 70.9 cm³/mol. The van der Waals surface area contributed by atoms with Gasteiger partial charge in [-0.15, -0.1) is 0 Å². The highest BCUT2D eigenvalue weighted by atomic mass is 16.5. The van der Waals surface area contributed by atoms with E-state index in [0.717, 1.165) is 38.7 Å². The standard InChI is InChI=1S/C14H29NO2/c1-13(2)6-8-14(12-15,9-7-13)17-11-5-3-4-10-16/h16H,3-12,15H2,1-2H3. The molecule has 0 aromatic heterocycles. The molecule has 0 aromatic carbocycles. The van der Waals surface area contributed by atoms with Crippen molar-refractivity contribution in [2.24, 2.45) is 11.1 Å². The van der Waals surface area contributed by atoms with Crippen LogP contribution in [0.25, 0.3) is 0 Å². The second kappa shape index (κ2) is 6.72. The van der Waals surface area contributed by atoms with E-state index in [1.807, 2.05) is 0 Å². The summed E-state index contributed by atoms with van der Waals surface area (Å²) in [6.07, 6.45) is 7.56. The van der Waals surface area contributed by atoms with Gasteiger partial charge in [-0.05, 0) is 50.4 Å². The first-order chi connectivity index (χ1) is 8.04. The summed E-state index contributed by atoms with van der Waals surface area (Å²) < 4.78 is 6.05. The lowest BCUT2D eigenvalue weighted by Crippen LogP contribution is -2.45. The van der Waals surface area contributed by atoms with Gasteiger partial charge in [0.1, 0.15) is 0 Å². The van der Waals surface area contributed by atoms with Gasteiger partial charge in [0, 0.05) is 19.8 Å². The summed E-state index contributed by atoms with van der Waals surface area (Å²) in [4.78, 5) is 0. The van der Waals surface area contributed by atoms with E-state index in [1.165, 1.54) is 12.8 Å². The molecule has 0 radical (unpaired) electrons. The van der Waals surface area contributed by atoms with Crippen LogP contribution < -0.4 is 5.73 Å². The fourth-order valence-corrected chi connectivity index (χ4v) is 2.47. The maximum atomic E-state index is 8.71. The second-order valence-electron chi connectivity index (χ2n) is 6.18. The summed E-state index contributed by atoms with van der Waals surface area (Å²) >= 11 is 0. The fraction of sp³-hybridized carbons (Fsp3) is 1.00. The molecule has 3 heteroatoms. The smallest absolute Gasteiger partial charge is 0.0804 e. The Morgan fingerprint density at radius 3 is 2.24 bits per heavy atom. The molecule has 0 aromatic rings. The maximum absolute atomic E-state index is 8.71. The Morgan fingerprint density at radius 2 is 1.71 bits per heavy atom. The molecule has 0 unspecified atom stereocenters. The van der Waals surface area contributed by atoms with Gasteiger partial charge in [-0.2, -0.15) is 0 Å². The lowest BCUT2D eigenvalue weighted by molar-refractivity contribution is -0.0823. The summed E-state index contributed by atoms with van der Waals surface area (Å²) in [5, 5.41) is 8.71. The average molecular weight is 243 g/mol. The van der Waals surface area contributed by atoms with Gasteiger partial charge in [-0.25, -0.2) is 0 Å². The van der Waals surface area contributed by atoms with Crippen LogP contribution in [-0.2, 0) is 4.74 Å². The number of hydrogen-bond acceptors (Lipinski definition) is 3. The van der Waals surface area contributed by atoms with Gasteiger partial charge in [-0.3, -0.25) is 0 Å². The number of ether oxygens (including phenoxy) is 1. The molecule has 3 N–H and O–H groups in total. The minimum atomic E-state index is -0.0608. The molecule has 0 saturated heterocycles. The van der Waals surface area contributed by atoms with Gasteiger partial charge in [0.15, 0.2) is 0 Å². The van der Waals surface area contributed by atoms with E-state index in [4.69, 9.17) is 15.6 Å². The Morgan fingerprint density at radius 1 is 1.06 bits per heavy atom. The van der Waals surface area contributed by atoms with E-state index in [2.05, 4.69) is 13.8 Å². The average Bonchev–Trinajstić information content (AvgIpc) is 2.32. The first-order valence-electron chi connectivity index (χ1n) is 6.99. The largest absolute Gasteiger partial charge is 0.396 e. The predicted octanol–water partition coefficient (Wildman–Crippen LogP) is 2.46. The zero-order valence-corrected chi connectivity index (χ0v) is 11.5. The minimum Gasteiger partial charge on any atom is -0.396 e. The van der Waals surface area contributed by atoms with Gasteiger partial charge in [-0.1, -0.05) is 13.8 Å². The Kier molecular flexibility index (Phi) is 5.90. The van der Waals surface area contributed by atoms with Crippen LogP contribution in [0.3, 0.4) is 0 Å². The molecule has 0 spiro atoms. The normalized spacial score (nSPS) is 22.6. The molecular formula is C14H29NO2. The first kappa shape index (κ1) is 14.9. The SMILES string of the molecule is CC1(C)CCC(CN)(OCCCCCO)CC1. The minimum absolute atomic E-state index is 0.0608. The molecule has 1 aliphatic rings. The molecule has 0 atom stereocenters. The van der Waals surface area contributed by atoms with E-state index in [1.54, 1.807) is 0 Å². The number of hydrogen-bond donors (Lipinski definition) is 2. The van der Waals surface area contributed by atoms with Crippen molar-refractivity contribution in [3.05, 3.63) is 0 Å². The Balaban J connectivity index is 2.27. The van der Waals surface area contributed by atoms with Crippen molar-refractivity contribution in [3.8, 4) is 0 Å². The van der Waals surface area contributed by atoms with Crippen molar-refractivity contribution in [3.63, 3.8) is 0 Å². The third-order valence-electron chi connectivity index (χ3n) is 4.10. The third-order valence-corrected chi connectivity index (χ3v) is 4.10. The molecular weight excluding hydrogens is 214 g/mol. The molecule has 3 nitrogen and oxygen atoms in total. The lowest BCUT2D eigenvalue weighted by Gasteiger charge is -2.42. The van der Waals surface area contributed by atoms with Gasteiger partial charge in [0.05, 0.1) is 5.60 Å². The highest BCUT2D eigenvalue weighted by Gasteiger charge is 2.37. The third kappa shape index (κ3) is 4.94. The van der Waals surface area contributed by atoms with Crippen LogP contribution in [0.1, 0.15) is 58.8 Å². The molecule has 1 fully saturated rings. The van der Waals surface area contributed by atoms with E-state index in [-0.39, 0.29) is 12.2 Å². The zero-order chi connectivity index (χ0) is 12.8. The van der Waals surface area contributed by atoms with Crippen LogP contribution >= 0.6 is 0 Å². The molecule has 1 saturated carbocycles. The molecule has 17 heavy (non-hydrogen) atoms. The number of aliphatic hydroxyl groups excluding tert-OH is 1. The van der Waals surface area contributed by atoms with Crippen LogP contribution in [0.5, 0.6) is 0 Å². The summed E-state index contributed by atoms with van der Waals surface area (Å²) in [5.74, 6) is 0.